The fourth-order valence-electron chi connectivity index (χ4n) is 3.99. The van der Waals surface area contributed by atoms with E-state index < -0.39 is 0 Å². The van der Waals surface area contributed by atoms with Crippen molar-refractivity contribution in [3.63, 3.8) is 0 Å². The summed E-state index contributed by atoms with van der Waals surface area (Å²) >= 11 is 0. The molecule has 1 aromatic rings. The van der Waals surface area contributed by atoms with Crippen LogP contribution in [0.1, 0.15) is 33.1 Å². The van der Waals surface area contributed by atoms with Crippen LogP contribution in [0.25, 0.3) is 0 Å². The first-order valence-corrected chi connectivity index (χ1v) is 7.51. The van der Waals surface area contributed by atoms with E-state index in [0.29, 0.717) is 11.7 Å². The summed E-state index contributed by atoms with van der Waals surface area (Å²) in [6.07, 6.45) is 6.50. The first kappa shape index (κ1) is 14.2. The van der Waals surface area contributed by atoms with Gasteiger partial charge in [0.05, 0.1) is 18.8 Å². The summed E-state index contributed by atoms with van der Waals surface area (Å²) in [7, 11) is 1.64. The average Bonchev–Trinajstić information content (AvgIpc) is 2.82. The van der Waals surface area contributed by atoms with E-state index in [1.165, 1.54) is 0 Å². The summed E-state index contributed by atoms with van der Waals surface area (Å²) in [6, 6.07) is 7.44. The lowest BCUT2D eigenvalue weighted by Crippen LogP contribution is -2.33. The molecular weight excluding hydrogens is 264 g/mol. The number of carbonyl (C=O) groups is 1. The Hall–Kier alpha value is -1.77. The van der Waals surface area contributed by atoms with E-state index >= 15 is 0 Å². The quantitative estimate of drug-likeness (QED) is 0.785. The third-order valence-electron chi connectivity index (χ3n) is 5.60. The summed E-state index contributed by atoms with van der Waals surface area (Å²) in [5.74, 6) is 2.45. The Labute approximate surface area is 125 Å². The standard InChI is InChI=1S/C18H22O3/c1-17(2)13-8-9-18(17,16(19)12-13)10-11-21-15-6-4-14(20-3)5-7-15/h4-7,10-11,13H,8-9,12H2,1-3H3/b11-10+/t13-,18-/m0/s1. The van der Waals surface area contributed by atoms with Crippen LogP contribution in [0.3, 0.4) is 0 Å². The van der Waals surface area contributed by atoms with Gasteiger partial charge in [0.2, 0.25) is 0 Å². The van der Waals surface area contributed by atoms with E-state index in [1.807, 2.05) is 30.3 Å². The number of benzene rings is 1. The van der Waals surface area contributed by atoms with Gasteiger partial charge in [0.25, 0.3) is 0 Å². The van der Waals surface area contributed by atoms with Crippen LogP contribution in [0.15, 0.2) is 36.6 Å². The summed E-state index contributed by atoms with van der Waals surface area (Å²) in [5.41, 5.74) is -0.284. The van der Waals surface area contributed by atoms with Crippen LogP contribution >= 0.6 is 0 Å². The topological polar surface area (TPSA) is 35.5 Å². The molecule has 0 amide bonds. The molecule has 3 heteroatoms. The highest BCUT2D eigenvalue weighted by Crippen LogP contribution is 2.64. The molecule has 0 N–H and O–H groups in total. The van der Waals surface area contributed by atoms with Gasteiger partial charge in [0, 0.05) is 6.42 Å². The van der Waals surface area contributed by atoms with E-state index in [4.69, 9.17) is 9.47 Å². The van der Waals surface area contributed by atoms with Crippen LogP contribution in [0.5, 0.6) is 11.5 Å². The lowest BCUT2D eigenvalue weighted by molar-refractivity contribution is -0.126. The molecule has 2 bridgehead atoms. The second kappa shape index (κ2) is 4.90. The van der Waals surface area contributed by atoms with E-state index in [2.05, 4.69) is 13.8 Å². The maximum absolute atomic E-state index is 12.4. The monoisotopic (exact) mass is 286 g/mol. The Morgan fingerprint density at radius 1 is 1.19 bits per heavy atom. The van der Waals surface area contributed by atoms with Crippen molar-refractivity contribution in [1.29, 1.82) is 0 Å². The zero-order chi connectivity index (χ0) is 15.1. The van der Waals surface area contributed by atoms with Crippen LogP contribution in [0.4, 0.5) is 0 Å². The summed E-state index contributed by atoms with van der Waals surface area (Å²) < 4.78 is 10.8. The van der Waals surface area contributed by atoms with Gasteiger partial charge in [-0.1, -0.05) is 13.8 Å². The molecule has 0 spiro atoms. The number of carbonyl (C=O) groups excluding carboxylic acids is 1. The van der Waals surface area contributed by atoms with E-state index in [9.17, 15) is 4.79 Å². The number of ketones is 1. The summed E-state index contributed by atoms with van der Waals surface area (Å²) in [4.78, 5) is 12.4. The number of methoxy groups -OCH3 is 1. The predicted octanol–water partition coefficient (Wildman–Crippen LogP) is 3.98. The smallest absolute Gasteiger partial charge is 0.143 e. The van der Waals surface area contributed by atoms with Crippen LogP contribution in [-0.4, -0.2) is 12.9 Å². The minimum Gasteiger partial charge on any atom is -0.497 e. The predicted molar refractivity (Wildman–Crippen MR) is 81.3 cm³/mol. The van der Waals surface area contributed by atoms with Gasteiger partial charge in [-0.05, 0) is 54.5 Å². The molecule has 0 radical (unpaired) electrons. The fraction of sp³-hybridized carbons (Fsp3) is 0.500. The Kier molecular flexibility index (Phi) is 3.31. The number of allylic oxidation sites excluding steroid dienone is 1. The molecule has 2 aliphatic carbocycles. The van der Waals surface area contributed by atoms with Gasteiger partial charge in [-0.2, -0.15) is 0 Å². The zero-order valence-electron chi connectivity index (χ0n) is 12.9. The van der Waals surface area contributed by atoms with Crippen molar-refractivity contribution in [1.82, 2.24) is 0 Å². The largest absolute Gasteiger partial charge is 0.497 e. The van der Waals surface area contributed by atoms with Gasteiger partial charge in [0.15, 0.2) is 0 Å². The Balaban J connectivity index is 1.75. The lowest BCUT2D eigenvalue weighted by atomic mass is 9.69. The molecular formula is C18H22O3. The first-order valence-electron chi connectivity index (χ1n) is 7.51. The molecule has 21 heavy (non-hydrogen) atoms. The number of rotatable bonds is 4. The molecule has 0 aliphatic heterocycles. The second-order valence-corrected chi connectivity index (χ2v) is 6.65. The van der Waals surface area contributed by atoms with Crippen molar-refractivity contribution in [3.05, 3.63) is 36.6 Å². The van der Waals surface area contributed by atoms with Crippen molar-refractivity contribution in [2.45, 2.75) is 33.1 Å². The van der Waals surface area contributed by atoms with Crippen molar-refractivity contribution in [3.8, 4) is 11.5 Å². The van der Waals surface area contributed by atoms with Gasteiger partial charge in [-0.15, -0.1) is 0 Å². The molecule has 0 saturated heterocycles. The molecule has 2 fully saturated rings. The number of hydrogen-bond acceptors (Lipinski definition) is 3. The molecule has 2 atom stereocenters. The fourth-order valence-corrected chi connectivity index (χ4v) is 3.99. The van der Waals surface area contributed by atoms with Crippen molar-refractivity contribution in [2.75, 3.05) is 7.11 Å². The minimum atomic E-state index is -0.329. The lowest BCUT2D eigenvalue weighted by Gasteiger charge is -2.33. The molecule has 0 unspecified atom stereocenters. The van der Waals surface area contributed by atoms with Crippen LogP contribution in [0, 0.1) is 16.7 Å². The third kappa shape index (κ3) is 2.06. The number of fused-ring (bicyclic) bond motifs is 2. The highest BCUT2D eigenvalue weighted by atomic mass is 16.5. The van der Waals surface area contributed by atoms with Crippen LogP contribution < -0.4 is 9.47 Å². The van der Waals surface area contributed by atoms with Crippen molar-refractivity contribution in [2.24, 2.45) is 16.7 Å². The Morgan fingerprint density at radius 3 is 2.38 bits per heavy atom. The van der Waals surface area contributed by atoms with Crippen LogP contribution in [0.2, 0.25) is 0 Å². The Morgan fingerprint density at radius 2 is 1.86 bits per heavy atom. The number of hydrogen-bond donors (Lipinski definition) is 0. The number of ether oxygens (including phenoxy) is 2. The summed E-state index contributed by atoms with van der Waals surface area (Å²) in [5, 5.41) is 0. The van der Waals surface area contributed by atoms with Gasteiger partial charge in [-0.3, -0.25) is 4.79 Å². The van der Waals surface area contributed by atoms with Crippen molar-refractivity contribution >= 4 is 5.78 Å². The normalized spacial score (nSPS) is 30.0. The molecule has 1 aromatic carbocycles. The minimum absolute atomic E-state index is 0.0455. The molecule has 112 valence electrons. The highest BCUT2D eigenvalue weighted by Gasteiger charge is 2.62. The van der Waals surface area contributed by atoms with E-state index in [1.54, 1.807) is 13.4 Å². The van der Waals surface area contributed by atoms with Gasteiger partial charge < -0.3 is 9.47 Å². The maximum Gasteiger partial charge on any atom is 0.143 e. The average molecular weight is 286 g/mol. The summed E-state index contributed by atoms with van der Waals surface area (Å²) in [6.45, 7) is 4.43. The Bertz CT molecular complexity index is 571. The SMILES string of the molecule is COc1ccc(O/C=C/[C@@]23CC[C@@H](CC2=O)C3(C)C)cc1. The van der Waals surface area contributed by atoms with Crippen molar-refractivity contribution < 1.29 is 14.3 Å². The molecule has 0 aromatic heterocycles. The second-order valence-electron chi connectivity index (χ2n) is 6.65. The van der Waals surface area contributed by atoms with E-state index in [0.717, 1.165) is 30.8 Å². The molecule has 0 heterocycles. The van der Waals surface area contributed by atoms with Gasteiger partial charge >= 0.3 is 0 Å². The zero-order valence-corrected chi connectivity index (χ0v) is 12.9. The first-order chi connectivity index (χ1) is 9.99. The van der Waals surface area contributed by atoms with Gasteiger partial charge in [-0.25, -0.2) is 0 Å². The van der Waals surface area contributed by atoms with Crippen LogP contribution in [-0.2, 0) is 4.79 Å². The molecule has 3 rings (SSSR count). The molecule has 2 aliphatic rings. The van der Waals surface area contributed by atoms with Gasteiger partial charge in [0.1, 0.15) is 17.3 Å². The maximum atomic E-state index is 12.4. The molecule has 2 saturated carbocycles. The highest BCUT2D eigenvalue weighted by molar-refractivity contribution is 5.91. The van der Waals surface area contributed by atoms with E-state index in [-0.39, 0.29) is 10.8 Å². The third-order valence-corrected chi connectivity index (χ3v) is 5.60. The molecule has 3 nitrogen and oxygen atoms in total. The number of Topliss-reactive ketones (excluding diaryl/α,β-unsaturated/α-hetero) is 1.